The van der Waals surface area contributed by atoms with Gasteiger partial charge in [0.25, 0.3) is 0 Å². The van der Waals surface area contributed by atoms with Crippen LogP contribution in [0.5, 0.6) is 0 Å². The summed E-state index contributed by atoms with van der Waals surface area (Å²) in [6, 6.07) is 10.2. The summed E-state index contributed by atoms with van der Waals surface area (Å²) in [4.78, 5) is 14.6. The largest absolute Gasteiger partial charge is 0.464 e. The third kappa shape index (κ3) is 5.18. The van der Waals surface area contributed by atoms with Crippen LogP contribution in [0, 0.1) is 18.7 Å². The van der Waals surface area contributed by atoms with Crippen molar-refractivity contribution >= 4 is 5.91 Å². The van der Waals surface area contributed by atoms with Crippen LogP contribution in [0.3, 0.4) is 0 Å². The van der Waals surface area contributed by atoms with Crippen molar-refractivity contribution in [1.29, 1.82) is 0 Å². The number of furan rings is 1. The summed E-state index contributed by atoms with van der Waals surface area (Å²) >= 11 is 0. The van der Waals surface area contributed by atoms with Crippen molar-refractivity contribution in [3.8, 4) is 0 Å². The summed E-state index contributed by atoms with van der Waals surface area (Å²) in [5.74, 6) is 2.21. The average Bonchev–Trinajstić information content (AvgIpc) is 3.26. The van der Waals surface area contributed by atoms with Gasteiger partial charge in [-0.1, -0.05) is 37.8 Å². The Balaban J connectivity index is 1.65. The van der Waals surface area contributed by atoms with Gasteiger partial charge in [0.15, 0.2) is 0 Å². The van der Waals surface area contributed by atoms with E-state index in [1.54, 1.807) is 12.1 Å². The first-order valence-corrected chi connectivity index (χ1v) is 9.17. The Hall–Kier alpha value is -2.10. The van der Waals surface area contributed by atoms with E-state index in [1.807, 2.05) is 24.0 Å². The highest BCUT2D eigenvalue weighted by Gasteiger charge is 2.20. The summed E-state index contributed by atoms with van der Waals surface area (Å²) in [6.07, 6.45) is 6.64. The first-order chi connectivity index (χ1) is 12.1. The second-order valence-electron chi connectivity index (χ2n) is 7.08. The monoisotopic (exact) mass is 343 g/mol. The quantitative estimate of drug-likeness (QED) is 0.690. The lowest BCUT2D eigenvalue weighted by Crippen LogP contribution is -2.30. The zero-order chi connectivity index (χ0) is 17.6. The second kappa shape index (κ2) is 8.32. The molecule has 1 aromatic heterocycles. The molecule has 1 aliphatic carbocycles. The molecule has 0 bridgehead atoms. The van der Waals surface area contributed by atoms with Crippen molar-refractivity contribution in [3.63, 3.8) is 0 Å². The standard InChI is InChI=1S/C21H26FNO2/c1-16-6-12-20(25-16)15-23(14-18-7-10-19(22)11-8-18)21(24)13-9-17-4-2-3-5-17/h6-8,10-12,17H,2-5,9,13-15H2,1H3. The highest BCUT2D eigenvalue weighted by atomic mass is 19.1. The van der Waals surface area contributed by atoms with E-state index in [4.69, 9.17) is 4.42 Å². The molecule has 2 aromatic rings. The van der Waals surface area contributed by atoms with Crippen molar-refractivity contribution < 1.29 is 13.6 Å². The van der Waals surface area contributed by atoms with E-state index in [9.17, 15) is 9.18 Å². The molecule has 0 unspecified atom stereocenters. The third-order valence-electron chi connectivity index (χ3n) is 5.02. The molecule has 1 amide bonds. The Labute approximate surface area is 148 Å². The minimum absolute atomic E-state index is 0.144. The Morgan fingerprint density at radius 1 is 1.12 bits per heavy atom. The SMILES string of the molecule is Cc1ccc(CN(Cc2ccc(F)cc2)C(=O)CCC2CCCC2)o1. The lowest BCUT2D eigenvalue weighted by molar-refractivity contribution is -0.133. The van der Waals surface area contributed by atoms with Crippen molar-refractivity contribution in [2.45, 2.75) is 58.5 Å². The molecule has 134 valence electrons. The normalized spacial score (nSPS) is 14.8. The Bertz CT molecular complexity index is 686. The van der Waals surface area contributed by atoms with Crippen molar-refractivity contribution in [1.82, 2.24) is 4.90 Å². The fraction of sp³-hybridized carbons (Fsp3) is 0.476. The van der Waals surface area contributed by atoms with Crippen molar-refractivity contribution in [2.24, 2.45) is 5.92 Å². The number of hydrogen-bond donors (Lipinski definition) is 0. The number of hydrogen-bond acceptors (Lipinski definition) is 2. The molecule has 0 spiro atoms. The molecule has 1 aromatic carbocycles. The highest BCUT2D eigenvalue weighted by molar-refractivity contribution is 5.76. The first kappa shape index (κ1) is 17.7. The van der Waals surface area contributed by atoms with Crippen LogP contribution in [-0.2, 0) is 17.9 Å². The molecule has 0 saturated heterocycles. The topological polar surface area (TPSA) is 33.5 Å². The van der Waals surface area contributed by atoms with Gasteiger partial charge in [-0.25, -0.2) is 4.39 Å². The summed E-state index contributed by atoms with van der Waals surface area (Å²) in [6.45, 7) is 2.83. The Morgan fingerprint density at radius 2 is 1.84 bits per heavy atom. The van der Waals surface area contributed by atoms with Crippen LogP contribution in [0.1, 0.15) is 55.6 Å². The molecule has 0 atom stereocenters. The van der Waals surface area contributed by atoms with E-state index in [0.29, 0.717) is 25.4 Å². The first-order valence-electron chi connectivity index (χ1n) is 9.17. The van der Waals surface area contributed by atoms with E-state index >= 15 is 0 Å². The van der Waals surface area contributed by atoms with Crippen LogP contribution in [0.4, 0.5) is 4.39 Å². The number of carbonyl (C=O) groups is 1. The molecule has 1 fully saturated rings. The molecular weight excluding hydrogens is 317 g/mol. The van der Waals surface area contributed by atoms with Crippen LogP contribution in [0.25, 0.3) is 0 Å². The maximum Gasteiger partial charge on any atom is 0.223 e. The third-order valence-corrected chi connectivity index (χ3v) is 5.02. The molecule has 0 aliphatic heterocycles. The van der Waals surface area contributed by atoms with Gasteiger partial charge in [0.05, 0.1) is 6.54 Å². The minimum atomic E-state index is -0.260. The van der Waals surface area contributed by atoms with Gasteiger partial charge in [-0.05, 0) is 49.1 Å². The molecule has 25 heavy (non-hydrogen) atoms. The van der Waals surface area contributed by atoms with Gasteiger partial charge in [0, 0.05) is 13.0 Å². The predicted molar refractivity (Wildman–Crippen MR) is 95.3 cm³/mol. The summed E-state index contributed by atoms with van der Waals surface area (Å²) < 4.78 is 18.8. The van der Waals surface area contributed by atoms with Crippen LogP contribution in [-0.4, -0.2) is 10.8 Å². The molecule has 0 radical (unpaired) electrons. The van der Waals surface area contributed by atoms with Crippen LogP contribution in [0.2, 0.25) is 0 Å². The molecule has 1 heterocycles. The molecule has 4 heteroatoms. The number of nitrogens with zero attached hydrogens (tertiary/aromatic N) is 1. The molecule has 1 saturated carbocycles. The van der Waals surface area contributed by atoms with Gasteiger partial charge in [0.1, 0.15) is 17.3 Å². The molecule has 0 N–H and O–H groups in total. The zero-order valence-electron chi connectivity index (χ0n) is 14.8. The van der Waals surface area contributed by atoms with Gasteiger partial charge >= 0.3 is 0 Å². The molecular formula is C21H26FNO2. The van der Waals surface area contributed by atoms with Gasteiger partial charge in [0.2, 0.25) is 5.91 Å². The maximum absolute atomic E-state index is 13.1. The lowest BCUT2D eigenvalue weighted by atomic mass is 10.0. The number of amides is 1. The fourth-order valence-electron chi connectivity index (χ4n) is 3.59. The Morgan fingerprint density at radius 3 is 2.48 bits per heavy atom. The number of benzene rings is 1. The average molecular weight is 343 g/mol. The number of rotatable bonds is 7. The van der Waals surface area contributed by atoms with Gasteiger partial charge in [-0.2, -0.15) is 0 Å². The van der Waals surface area contributed by atoms with Gasteiger partial charge in [-0.3, -0.25) is 4.79 Å². The summed E-state index contributed by atoms with van der Waals surface area (Å²) in [5, 5.41) is 0. The minimum Gasteiger partial charge on any atom is -0.464 e. The highest BCUT2D eigenvalue weighted by Crippen LogP contribution is 2.29. The van der Waals surface area contributed by atoms with E-state index in [2.05, 4.69) is 0 Å². The van der Waals surface area contributed by atoms with Crippen LogP contribution < -0.4 is 0 Å². The molecule has 3 rings (SSSR count). The lowest BCUT2D eigenvalue weighted by Gasteiger charge is -2.23. The molecule has 3 nitrogen and oxygen atoms in total. The second-order valence-corrected chi connectivity index (χ2v) is 7.08. The van der Waals surface area contributed by atoms with E-state index < -0.39 is 0 Å². The number of halogens is 1. The molecule has 1 aliphatic rings. The van der Waals surface area contributed by atoms with Crippen molar-refractivity contribution in [2.75, 3.05) is 0 Å². The van der Waals surface area contributed by atoms with Gasteiger partial charge < -0.3 is 9.32 Å². The van der Waals surface area contributed by atoms with E-state index in [0.717, 1.165) is 23.5 Å². The summed E-state index contributed by atoms with van der Waals surface area (Å²) in [7, 11) is 0. The van der Waals surface area contributed by atoms with E-state index in [1.165, 1.54) is 37.8 Å². The van der Waals surface area contributed by atoms with Crippen molar-refractivity contribution in [3.05, 3.63) is 59.3 Å². The Kier molecular flexibility index (Phi) is 5.90. The summed E-state index contributed by atoms with van der Waals surface area (Å²) in [5.41, 5.74) is 0.930. The van der Waals surface area contributed by atoms with Gasteiger partial charge in [-0.15, -0.1) is 0 Å². The maximum atomic E-state index is 13.1. The fourth-order valence-corrected chi connectivity index (χ4v) is 3.59. The smallest absolute Gasteiger partial charge is 0.223 e. The van der Waals surface area contributed by atoms with Crippen LogP contribution >= 0.6 is 0 Å². The van der Waals surface area contributed by atoms with Crippen LogP contribution in [0.15, 0.2) is 40.8 Å². The van der Waals surface area contributed by atoms with E-state index in [-0.39, 0.29) is 11.7 Å². The number of carbonyl (C=O) groups excluding carboxylic acids is 1. The number of aryl methyl sites for hydroxylation is 1. The zero-order valence-corrected chi connectivity index (χ0v) is 14.8. The predicted octanol–water partition coefficient (Wildman–Crippen LogP) is 5.23.